The minimum absolute atomic E-state index is 0.0243. The molecule has 1 amide bonds. The fourth-order valence-electron chi connectivity index (χ4n) is 2.64. The average Bonchev–Trinajstić information content (AvgIpc) is 2.43. The standard InChI is InChI=1S/C15H17F3N2O3/c1-2-20(7-14(21)22)9-3-8(4-9)19-15(23)10-5-12(17)13(18)6-11(10)16/h5-6,8-9H,2-4,7H2,1H3,(H,19,23)(H,21,22). The highest BCUT2D eigenvalue weighted by Crippen LogP contribution is 2.26. The number of carbonyl (C=O) groups is 2. The fourth-order valence-corrected chi connectivity index (χ4v) is 2.64. The number of nitrogens with one attached hydrogen (secondary N) is 1. The third-order valence-corrected chi connectivity index (χ3v) is 3.96. The zero-order chi connectivity index (χ0) is 17.1. The first-order valence-corrected chi connectivity index (χ1v) is 7.23. The Morgan fingerprint density at radius 2 is 1.83 bits per heavy atom. The molecule has 1 saturated carbocycles. The molecule has 0 aliphatic heterocycles. The van der Waals surface area contributed by atoms with E-state index in [1.165, 1.54) is 0 Å². The van der Waals surface area contributed by atoms with E-state index in [0.29, 0.717) is 31.5 Å². The topological polar surface area (TPSA) is 69.6 Å². The van der Waals surface area contributed by atoms with E-state index in [9.17, 15) is 22.8 Å². The second kappa shape index (κ2) is 6.99. The zero-order valence-corrected chi connectivity index (χ0v) is 12.5. The van der Waals surface area contributed by atoms with Gasteiger partial charge in [0.25, 0.3) is 5.91 Å². The van der Waals surface area contributed by atoms with Crippen molar-refractivity contribution in [1.29, 1.82) is 0 Å². The molecule has 23 heavy (non-hydrogen) atoms. The molecule has 0 aromatic heterocycles. The van der Waals surface area contributed by atoms with Gasteiger partial charge >= 0.3 is 5.97 Å². The molecule has 1 aliphatic carbocycles. The van der Waals surface area contributed by atoms with Gasteiger partial charge in [0, 0.05) is 18.2 Å². The van der Waals surface area contributed by atoms with Gasteiger partial charge in [-0.25, -0.2) is 13.2 Å². The van der Waals surface area contributed by atoms with Crippen molar-refractivity contribution in [2.24, 2.45) is 0 Å². The van der Waals surface area contributed by atoms with Crippen LogP contribution in [-0.2, 0) is 4.79 Å². The number of nitrogens with zero attached hydrogens (tertiary/aromatic N) is 1. The number of benzene rings is 1. The highest BCUT2D eigenvalue weighted by molar-refractivity contribution is 5.94. The van der Waals surface area contributed by atoms with Crippen molar-refractivity contribution in [3.8, 4) is 0 Å². The number of likely N-dealkylation sites (N-methyl/N-ethyl adjacent to an activating group) is 1. The smallest absolute Gasteiger partial charge is 0.317 e. The predicted octanol–water partition coefficient (Wildman–Crippen LogP) is 1.77. The van der Waals surface area contributed by atoms with Gasteiger partial charge in [-0.2, -0.15) is 0 Å². The lowest BCUT2D eigenvalue weighted by atomic mass is 9.85. The van der Waals surface area contributed by atoms with Crippen LogP contribution >= 0.6 is 0 Å². The van der Waals surface area contributed by atoms with Gasteiger partial charge in [0.15, 0.2) is 11.6 Å². The van der Waals surface area contributed by atoms with Crippen LogP contribution in [0.4, 0.5) is 13.2 Å². The highest BCUT2D eigenvalue weighted by Gasteiger charge is 2.35. The largest absolute Gasteiger partial charge is 0.480 e. The second-order valence-electron chi connectivity index (χ2n) is 5.50. The van der Waals surface area contributed by atoms with Gasteiger partial charge in [-0.3, -0.25) is 14.5 Å². The van der Waals surface area contributed by atoms with Crippen LogP contribution in [0.15, 0.2) is 12.1 Å². The summed E-state index contributed by atoms with van der Waals surface area (Å²) in [5.74, 6) is -5.51. The molecule has 0 saturated heterocycles. The first kappa shape index (κ1) is 17.3. The molecule has 5 nitrogen and oxygen atoms in total. The predicted molar refractivity (Wildman–Crippen MR) is 75.5 cm³/mol. The van der Waals surface area contributed by atoms with E-state index in [2.05, 4.69) is 5.32 Å². The van der Waals surface area contributed by atoms with Gasteiger partial charge in [0.2, 0.25) is 0 Å². The first-order chi connectivity index (χ1) is 10.8. The van der Waals surface area contributed by atoms with E-state index < -0.39 is 34.9 Å². The molecule has 1 aliphatic rings. The molecule has 0 unspecified atom stereocenters. The Hall–Kier alpha value is -2.09. The van der Waals surface area contributed by atoms with Gasteiger partial charge < -0.3 is 10.4 Å². The minimum Gasteiger partial charge on any atom is -0.480 e. The van der Waals surface area contributed by atoms with Crippen molar-refractivity contribution >= 4 is 11.9 Å². The Bertz CT molecular complexity index is 618. The molecule has 2 rings (SSSR count). The number of carbonyl (C=O) groups excluding carboxylic acids is 1. The van der Waals surface area contributed by atoms with E-state index in [0.717, 1.165) is 0 Å². The minimum atomic E-state index is -1.35. The Labute approximate surface area is 131 Å². The number of hydrogen-bond donors (Lipinski definition) is 2. The lowest BCUT2D eigenvalue weighted by molar-refractivity contribution is -0.139. The summed E-state index contributed by atoms with van der Waals surface area (Å²) in [6.45, 7) is 2.32. The zero-order valence-electron chi connectivity index (χ0n) is 12.5. The lowest BCUT2D eigenvalue weighted by Gasteiger charge is -2.42. The SMILES string of the molecule is CCN(CC(=O)O)C1CC(NC(=O)c2cc(F)c(F)cc2F)C1. The monoisotopic (exact) mass is 330 g/mol. The van der Waals surface area contributed by atoms with Crippen molar-refractivity contribution in [3.63, 3.8) is 0 Å². The molecule has 1 aromatic rings. The number of hydrogen-bond acceptors (Lipinski definition) is 3. The van der Waals surface area contributed by atoms with E-state index >= 15 is 0 Å². The molecule has 8 heteroatoms. The van der Waals surface area contributed by atoms with Crippen molar-refractivity contribution in [2.75, 3.05) is 13.1 Å². The fraction of sp³-hybridized carbons (Fsp3) is 0.467. The second-order valence-corrected chi connectivity index (χ2v) is 5.50. The number of aliphatic carboxylic acids is 1. The van der Waals surface area contributed by atoms with Crippen molar-refractivity contribution < 1.29 is 27.9 Å². The molecule has 1 fully saturated rings. The number of carboxylic acids is 1. The summed E-state index contributed by atoms with van der Waals surface area (Å²) >= 11 is 0. The average molecular weight is 330 g/mol. The van der Waals surface area contributed by atoms with Crippen LogP contribution < -0.4 is 5.32 Å². The van der Waals surface area contributed by atoms with Crippen LogP contribution in [0.25, 0.3) is 0 Å². The van der Waals surface area contributed by atoms with E-state index in [1.807, 2.05) is 6.92 Å². The first-order valence-electron chi connectivity index (χ1n) is 7.23. The van der Waals surface area contributed by atoms with E-state index in [1.54, 1.807) is 4.90 Å². The Kier molecular flexibility index (Phi) is 5.25. The lowest BCUT2D eigenvalue weighted by Crippen LogP contribution is -2.54. The summed E-state index contributed by atoms with van der Waals surface area (Å²) in [5, 5.41) is 11.3. The van der Waals surface area contributed by atoms with Gasteiger partial charge in [0.05, 0.1) is 12.1 Å². The molecule has 0 spiro atoms. The molecular formula is C15H17F3N2O3. The summed E-state index contributed by atoms with van der Waals surface area (Å²) in [7, 11) is 0. The molecule has 0 bridgehead atoms. The summed E-state index contributed by atoms with van der Waals surface area (Å²) < 4.78 is 39.5. The van der Waals surface area contributed by atoms with Gasteiger partial charge in [0.1, 0.15) is 5.82 Å². The third kappa shape index (κ3) is 4.01. The van der Waals surface area contributed by atoms with Gasteiger partial charge in [-0.1, -0.05) is 6.92 Å². The van der Waals surface area contributed by atoms with Gasteiger partial charge in [-0.15, -0.1) is 0 Å². The molecule has 0 atom stereocenters. The molecule has 0 heterocycles. The molecule has 0 radical (unpaired) electrons. The number of rotatable bonds is 6. The molecule has 1 aromatic carbocycles. The van der Waals surface area contributed by atoms with Crippen molar-refractivity contribution in [2.45, 2.75) is 31.8 Å². The maximum absolute atomic E-state index is 13.5. The van der Waals surface area contributed by atoms with Crippen LogP contribution in [0.3, 0.4) is 0 Å². The van der Waals surface area contributed by atoms with Crippen LogP contribution in [0.5, 0.6) is 0 Å². The van der Waals surface area contributed by atoms with Crippen LogP contribution in [0, 0.1) is 17.5 Å². The maximum Gasteiger partial charge on any atom is 0.317 e. The number of halogens is 3. The Morgan fingerprint density at radius 1 is 1.22 bits per heavy atom. The summed E-state index contributed by atoms with van der Waals surface area (Å²) in [6.07, 6.45) is 1.05. The van der Waals surface area contributed by atoms with Crippen LogP contribution in [0.2, 0.25) is 0 Å². The highest BCUT2D eigenvalue weighted by atomic mass is 19.2. The number of amides is 1. The maximum atomic E-state index is 13.5. The summed E-state index contributed by atoms with van der Waals surface area (Å²) in [6, 6.07) is 0.636. The van der Waals surface area contributed by atoms with Crippen molar-refractivity contribution in [1.82, 2.24) is 10.2 Å². The normalized spacial score (nSPS) is 20.2. The molecular weight excluding hydrogens is 313 g/mol. The summed E-state index contributed by atoms with van der Waals surface area (Å²) in [5.41, 5.74) is -0.551. The van der Waals surface area contributed by atoms with Crippen LogP contribution in [0.1, 0.15) is 30.1 Å². The Balaban J connectivity index is 1.91. The van der Waals surface area contributed by atoms with Crippen LogP contribution in [-0.4, -0.2) is 47.1 Å². The Morgan fingerprint density at radius 3 is 2.39 bits per heavy atom. The van der Waals surface area contributed by atoms with Gasteiger partial charge in [-0.05, 0) is 25.5 Å². The summed E-state index contributed by atoms with van der Waals surface area (Å²) in [4.78, 5) is 24.4. The number of carboxylic acid groups (broad SMARTS) is 1. The van der Waals surface area contributed by atoms with E-state index in [4.69, 9.17) is 5.11 Å². The molecule has 126 valence electrons. The molecule has 2 N–H and O–H groups in total. The van der Waals surface area contributed by atoms with Crippen molar-refractivity contribution in [3.05, 3.63) is 35.1 Å². The third-order valence-electron chi connectivity index (χ3n) is 3.96. The van der Waals surface area contributed by atoms with E-state index in [-0.39, 0.29) is 18.6 Å². The quantitative estimate of drug-likeness (QED) is 0.780.